The molecule has 8 N–H and O–H groups in total. The van der Waals surface area contributed by atoms with Crippen molar-refractivity contribution in [2.45, 2.75) is 223 Å². The molecule has 22 nitrogen and oxygen atoms in total. The Bertz CT molecular complexity index is 1840. The fraction of sp³-hybridized carbons (Fsp3) is 0.839. The number of aliphatic hydroxyl groups excluding tert-OH is 6. The Balaban J connectivity index is 1.11. The van der Waals surface area contributed by atoms with Gasteiger partial charge in [0.2, 0.25) is 11.8 Å². The maximum absolute atomic E-state index is 13.5. The molecule has 0 spiro atoms. The van der Waals surface area contributed by atoms with Crippen LogP contribution in [0, 0.1) is 17.8 Å². The van der Waals surface area contributed by atoms with E-state index in [4.69, 9.17) is 28.4 Å². The van der Waals surface area contributed by atoms with Gasteiger partial charge in [-0.05, 0) is 77.0 Å². The SMILES string of the molecule is CC1[C@H](OCCCCC(=O)NCCCC[C@H](CC(=O)CCCCO[C@@H]2OC(CO)[C@H](O)C(O)[C@@H]2C)C(=O)NCCCCCC(=O)CCCOC2(OCCCC(=O)CCN3C(=O)C=CC3=O)CCCCC2)OC(CO)C(O)[C@@H]1O. The number of aliphatic hydroxyl groups is 6. The monoisotopic (exact) mass is 1110 g/mol. The smallest absolute Gasteiger partial charge is 0.253 e. The number of amides is 4. The molecule has 11 atom stereocenters. The molecular weight excluding hydrogens is 1020 g/mol. The Morgan fingerprint density at radius 1 is 0.590 bits per heavy atom. The zero-order valence-corrected chi connectivity index (χ0v) is 46.3. The van der Waals surface area contributed by atoms with Gasteiger partial charge in [-0.15, -0.1) is 0 Å². The Morgan fingerprint density at radius 3 is 1.64 bits per heavy atom. The van der Waals surface area contributed by atoms with Crippen molar-refractivity contribution >= 4 is 41.0 Å². The van der Waals surface area contributed by atoms with Gasteiger partial charge in [-0.25, -0.2) is 0 Å². The van der Waals surface area contributed by atoms with E-state index >= 15 is 0 Å². The summed E-state index contributed by atoms with van der Waals surface area (Å²) in [4.78, 5) is 89.0. The molecule has 22 heteroatoms. The Hall–Kier alpha value is -3.65. The van der Waals surface area contributed by atoms with E-state index in [1.54, 1.807) is 13.8 Å². The summed E-state index contributed by atoms with van der Waals surface area (Å²) in [6.07, 6.45) is 7.24. The normalized spacial score (nSPS) is 26.5. The van der Waals surface area contributed by atoms with Crippen molar-refractivity contribution in [1.82, 2.24) is 15.5 Å². The minimum atomic E-state index is -1.23. The van der Waals surface area contributed by atoms with Gasteiger partial charge in [0.15, 0.2) is 18.4 Å². The molecule has 0 bridgehead atoms. The summed E-state index contributed by atoms with van der Waals surface area (Å²) in [6.45, 7) is 4.50. The fourth-order valence-corrected chi connectivity index (χ4v) is 10.2. The lowest BCUT2D eigenvalue weighted by atomic mass is 9.92. The third-order valence-corrected chi connectivity index (χ3v) is 15.2. The van der Waals surface area contributed by atoms with Crippen LogP contribution in [0.4, 0.5) is 0 Å². The molecule has 5 unspecified atom stereocenters. The molecule has 4 aliphatic rings. The number of imide groups is 1. The van der Waals surface area contributed by atoms with Gasteiger partial charge in [-0.3, -0.25) is 38.5 Å². The summed E-state index contributed by atoms with van der Waals surface area (Å²) in [5, 5.41) is 65.6. The van der Waals surface area contributed by atoms with Gasteiger partial charge in [-0.2, -0.15) is 0 Å². The first-order chi connectivity index (χ1) is 37.5. The second kappa shape index (κ2) is 36.7. The molecule has 2 saturated heterocycles. The number of nitrogens with one attached hydrogen (secondary N) is 2. The number of hydrogen-bond acceptors (Lipinski definition) is 19. The first-order valence-electron chi connectivity index (χ1n) is 28.9. The van der Waals surface area contributed by atoms with Crippen molar-refractivity contribution < 1.29 is 92.6 Å². The standard InChI is InChI=1S/C56H93N3O19/c1-38-49(68)51(70)44(36-60)77-54(38)73-31-13-7-19-43(64)35-40(17-6-12-28-57-46(65)22-8-14-32-74-55-39(2)50(69)52(71)45(37-61)78-55)53(72)58-29-11-3-5-18-41(62)20-15-33-75-56(26-9-4-10-27-56)76-34-16-21-42(63)25-30-59-47(66)23-24-48(59)67/h23-24,38-40,44-45,49-52,54-55,60-61,68-71H,3-22,25-37H2,1-2H3,(H,57,65)(H,58,72)/t38-,39?,40+,44?,45?,49?,50+,51-,52?,54+,55+/m0/s1. The first kappa shape index (κ1) is 66.9. The van der Waals surface area contributed by atoms with E-state index < -0.39 is 97.8 Å². The summed E-state index contributed by atoms with van der Waals surface area (Å²) in [6, 6.07) is 0. The zero-order valence-electron chi connectivity index (χ0n) is 46.3. The van der Waals surface area contributed by atoms with Crippen molar-refractivity contribution in [3.05, 3.63) is 12.2 Å². The van der Waals surface area contributed by atoms with E-state index in [0.29, 0.717) is 110 Å². The summed E-state index contributed by atoms with van der Waals surface area (Å²) in [5.41, 5.74) is 0. The van der Waals surface area contributed by atoms with Crippen molar-refractivity contribution in [2.75, 3.05) is 59.3 Å². The molecule has 3 heterocycles. The number of carbonyl (C=O) groups excluding carboxylic acids is 7. The lowest BCUT2D eigenvalue weighted by Gasteiger charge is -2.40. The second-order valence-corrected chi connectivity index (χ2v) is 21.5. The van der Waals surface area contributed by atoms with Crippen molar-refractivity contribution in [1.29, 1.82) is 0 Å². The fourth-order valence-electron chi connectivity index (χ4n) is 10.2. The molecule has 0 radical (unpaired) electrons. The van der Waals surface area contributed by atoms with E-state index in [2.05, 4.69) is 10.6 Å². The van der Waals surface area contributed by atoms with Gasteiger partial charge in [0.05, 0.1) is 38.6 Å². The van der Waals surface area contributed by atoms with Crippen LogP contribution in [0.1, 0.15) is 168 Å². The van der Waals surface area contributed by atoms with Gasteiger partial charge < -0.3 is 69.7 Å². The molecule has 4 rings (SSSR count). The Morgan fingerprint density at radius 2 is 1.08 bits per heavy atom. The zero-order chi connectivity index (χ0) is 56.9. The predicted molar refractivity (Wildman–Crippen MR) is 282 cm³/mol. The maximum atomic E-state index is 13.5. The van der Waals surface area contributed by atoms with Gasteiger partial charge in [0, 0.05) is 121 Å². The van der Waals surface area contributed by atoms with E-state index in [1.165, 1.54) is 12.2 Å². The van der Waals surface area contributed by atoms with Crippen LogP contribution in [0.3, 0.4) is 0 Å². The van der Waals surface area contributed by atoms with Crippen LogP contribution in [0.5, 0.6) is 0 Å². The third-order valence-electron chi connectivity index (χ3n) is 15.2. The summed E-state index contributed by atoms with van der Waals surface area (Å²) in [5.74, 6) is -3.48. The third kappa shape index (κ3) is 23.4. The average Bonchev–Trinajstić information content (AvgIpc) is 3.75. The molecule has 3 aliphatic heterocycles. The van der Waals surface area contributed by atoms with E-state index in [0.717, 1.165) is 43.4 Å². The minimum absolute atomic E-state index is 0.0464. The maximum Gasteiger partial charge on any atom is 0.253 e. The highest BCUT2D eigenvalue weighted by Crippen LogP contribution is 2.34. The van der Waals surface area contributed by atoms with Crippen LogP contribution in [0.15, 0.2) is 12.2 Å². The molecule has 3 fully saturated rings. The predicted octanol–water partition coefficient (Wildman–Crippen LogP) is 2.76. The Labute approximate surface area is 460 Å². The largest absolute Gasteiger partial charge is 0.394 e. The number of rotatable bonds is 41. The van der Waals surface area contributed by atoms with Crippen LogP contribution in [-0.4, -0.2) is 191 Å². The molecule has 1 saturated carbocycles. The lowest BCUT2D eigenvalue weighted by molar-refractivity contribution is -0.282. The lowest BCUT2D eigenvalue weighted by Crippen LogP contribution is -2.55. The van der Waals surface area contributed by atoms with Gasteiger partial charge >= 0.3 is 0 Å². The Kier molecular flexibility index (Phi) is 31.4. The van der Waals surface area contributed by atoms with Crippen LogP contribution in [0.2, 0.25) is 0 Å². The molecule has 78 heavy (non-hydrogen) atoms. The highest BCUT2D eigenvalue weighted by atomic mass is 16.7. The topological polar surface area (TPSA) is 324 Å². The van der Waals surface area contributed by atoms with Crippen LogP contribution < -0.4 is 10.6 Å². The molecule has 0 aromatic carbocycles. The van der Waals surface area contributed by atoms with Crippen LogP contribution in [-0.2, 0) is 62.0 Å². The number of carbonyl (C=O) groups is 7. The minimum Gasteiger partial charge on any atom is -0.394 e. The number of nitrogens with zero attached hydrogens (tertiary/aromatic N) is 1. The molecule has 0 aromatic rings. The summed E-state index contributed by atoms with van der Waals surface area (Å²) < 4.78 is 35.2. The molecular formula is C56H93N3O19. The first-order valence-corrected chi connectivity index (χ1v) is 28.9. The number of hydrogen-bond donors (Lipinski definition) is 8. The van der Waals surface area contributed by atoms with E-state index in [-0.39, 0.29) is 81.0 Å². The van der Waals surface area contributed by atoms with E-state index in [9.17, 15) is 64.2 Å². The second-order valence-electron chi connectivity index (χ2n) is 21.5. The number of unbranched alkanes of at least 4 members (excludes halogenated alkanes) is 5. The van der Waals surface area contributed by atoms with Gasteiger partial charge in [-0.1, -0.05) is 33.1 Å². The van der Waals surface area contributed by atoms with Gasteiger partial charge in [0.1, 0.15) is 41.8 Å². The van der Waals surface area contributed by atoms with Gasteiger partial charge in [0.25, 0.3) is 11.8 Å². The van der Waals surface area contributed by atoms with Crippen LogP contribution >= 0.6 is 0 Å². The molecule has 4 amide bonds. The number of ketones is 3. The molecule has 446 valence electrons. The average molecular weight is 1110 g/mol. The van der Waals surface area contributed by atoms with Crippen molar-refractivity contribution in [3.63, 3.8) is 0 Å². The van der Waals surface area contributed by atoms with E-state index in [1.807, 2.05) is 0 Å². The molecule has 1 aliphatic carbocycles. The van der Waals surface area contributed by atoms with Crippen LogP contribution in [0.25, 0.3) is 0 Å². The summed E-state index contributed by atoms with van der Waals surface area (Å²) in [7, 11) is 0. The van der Waals surface area contributed by atoms with Crippen molar-refractivity contribution in [2.24, 2.45) is 17.8 Å². The number of ether oxygens (including phenoxy) is 6. The quantitative estimate of drug-likeness (QED) is 0.0248. The number of Topliss-reactive ketones (excluding diaryl/α,β-unsaturated/α-hetero) is 3. The van der Waals surface area contributed by atoms with Crippen molar-refractivity contribution in [3.8, 4) is 0 Å². The highest BCUT2D eigenvalue weighted by Gasteiger charge is 2.44. The highest BCUT2D eigenvalue weighted by molar-refractivity contribution is 6.13. The molecule has 0 aromatic heterocycles. The summed E-state index contributed by atoms with van der Waals surface area (Å²) >= 11 is 0.